The highest BCUT2D eigenvalue weighted by Crippen LogP contribution is 2.23. The summed E-state index contributed by atoms with van der Waals surface area (Å²) in [5, 5.41) is 3.74. The minimum atomic E-state index is -0.445. The molecular formula is C23H25NO6. The first-order valence-corrected chi connectivity index (χ1v) is 9.75. The molecule has 30 heavy (non-hydrogen) atoms. The number of nitrogens with one attached hydrogen (secondary N) is 1. The molecular weight excluding hydrogens is 386 g/mol. The summed E-state index contributed by atoms with van der Waals surface area (Å²) in [6.07, 6.45) is 0.657. The zero-order valence-corrected chi connectivity index (χ0v) is 17.1. The van der Waals surface area contributed by atoms with Gasteiger partial charge >= 0.3 is 5.97 Å². The summed E-state index contributed by atoms with van der Waals surface area (Å²) in [6, 6.07) is 16.4. The Morgan fingerprint density at radius 2 is 1.80 bits per heavy atom. The summed E-state index contributed by atoms with van der Waals surface area (Å²) in [5.74, 6) is 1.26. The topological polar surface area (TPSA) is 87.0 Å². The monoisotopic (exact) mass is 411 g/mol. The molecule has 1 amide bonds. The quantitative estimate of drug-likeness (QED) is 0.401. The van der Waals surface area contributed by atoms with Crippen LogP contribution in [0.4, 0.5) is 0 Å². The standard InChI is InChI=1S/C23H25NO6/c1-16(21-14-17-6-3-4-7-20(17)30-21)24-22(25)15-29-23(26)8-5-13-28-19-11-9-18(27-2)10-12-19/h3-4,6-7,9-12,14,16H,5,8,13,15H2,1-2H3,(H,24,25)/t16-/m0/s1. The average Bonchev–Trinajstić information content (AvgIpc) is 3.20. The van der Waals surface area contributed by atoms with Crippen LogP contribution in [0.25, 0.3) is 11.0 Å². The van der Waals surface area contributed by atoms with Gasteiger partial charge in [-0.3, -0.25) is 9.59 Å². The molecule has 0 aliphatic carbocycles. The van der Waals surface area contributed by atoms with Gasteiger partial charge in [-0.2, -0.15) is 0 Å². The van der Waals surface area contributed by atoms with E-state index in [1.54, 1.807) is 31.4 Å². The maximum Gasteiger partial charge on any atom is 0.306 e. The van der Waals surface area contributed by atoms with Crippen molar-refractivity contribution in [2.45, 2.75) is 25.8 Å². The Labute approximate surface area is 174 Å². The van der Waals surface area contributed by atoms with Gasteiger partial charge in [0.05, 0.1) is 19.8 Å². The Morgan fingerprint density at radius 3 is 2.53 bits per heavy atom. The molecule has 0 unspecified atom stereocenters. The number of methoxy groups -OCH3 is 1. The van der Waals surface area contributed by atoms with Crippen molar-refractivity contribution in [3.63, 3.8) is 0 Å². The summed E-state index contributed by atoms with van der Waals surface area (Å²) in [4.78, 5) is 23.9. The predicted octanol–water partition coefficient (Wildman–Crippen LogP) is 4.02. The molecule has 0 bridgehead atoms. The van der Waals surface area contributed by atoms with Gasteiger partial charge in [-0.15, -0.1) is 0 Å². The van der Waals surface area contributed by atoms with Crippen molar-refractivity contribution in [2.24, 2.45) is 0 Å². The fourth-order valence-electron chi connectivity index (χ4n) is 2.87. The SMILES string of the molecule is COc1ccc(OCCCC(=O)OCC(=O)N[C@@H](C)c2cc3ccccc3o2)cc1. The van der Waals surface area contributed by atoms with E-state index in [1.165, 1.54) is 0 Å². The molecule has 1 aromatic heterocycles. The Hall–Kier alpha value is -3.48. The molecule has 0 spiro atoms. The average molecular weight is 411 g/mol. The summed E-state index contributed by atoms with van der Waals surface area (Å²) < 4.78 is 21.4. The number of benzene rings is 2. The van der Waals surface area contributed by atoms with Gasteiger partial charge in [-0.05, 0) is 49.7 Å². The van der Waals surface area contributed by atoms with Crippen LogP contribution in [0.1, 0.15) is 31.6 Å². The minimum Gasteiger partial charge on any atom is -0.497 e. The highest BCUT2D eigenvalue weighted by Gasteiger charge is 2.15. The smallest absolute Gasteiger partial charge is 0.306 e. The number of hydrogen-bond donors (Lipinski definition) is 1. The van der Waals surface area contributed by atoms with Crippen LogP contribution in [-0.2, 0) is 14.3 Å². The Bertz CT molecular complexity index is 946. The van der Waals surface area contributed by atoms with Crippen molar-refractivity contribution in [3.05, 3.63) is 60.4 Å². The van der Waals surface area contributed by atoms with Crippen LogP contribution < -0.4 is 14.8 Å². The Balaban J connectivity index is 1.33. The molecule has 0 saturated carbocycles. The number of esters is 1. The zero-order chi connectivity index (χ0) is 21.3. The fraction of sp³-hybridized carbons (Fsp3) is 0.304. The second-order valence-corrected chi connectivity index (χ2v) is 6.76. The van der Waals surface area contributed by atoms with Crippen molar-refractivity contribution >= 4 is 22.8 Å². The molecule has 1 N–H and O–H groups in total. The van der Waals surface area contributed by atoms with E-state index in [9.17, 15) is 9.59 Å². The number of ether oxygens (including phenoxy) is 3. The van der Waals surface area contributed by atoms with E-state index < -0.39 is 5.97 Å². The van der Waals surface area contributed by atoms with Crippen LogP contribution in [0.15, 0.2) is 59.0 Å². The molecule has 7 heteroatoms. The number of carbonyl (C=O) groups is 2. The lowest BCUT2D eigenvalue weighted by molar-refractivity contribution is -0.148. The largest absolute Gasteiger partial charge is 0.497 e. The van der Waals surface area contributed by atoms with Crippen molar-refractivity contribution < 1.29 is 28.2 Å². The number of amides is 1. The van der Waals surface area contributed by atoms with Crippen LogP contribution in [0.2, 0.25) is 0 Å². The van der Waals surface area contributed by atoms with Gasteiger partial charge in [-0.25, -0.2) is 0 Å². The van der Waals surface area contributed by atoms with Gasteiger partial charge in [-0.1, -0.05) is 18.2 Å². The van der Waals surface area contributed by atoms with Crippen molar-refractivity contribution in [3.8, 4) is 11.5 Å². The van der Waals surface area contributed by atoms with E-state index in [4.69, 9.17) is 18.6 Å². The molecule has 1 heterocycles. The van der Waals surface area contributed by atoms with Gasteiger partial charge in [0.15, 0.2) is 6.61 Å². The zero-order valence-electron chi connectivity index (χ0n) is 17.1. The summed E-state index contributed by atoms with van der Waals surface area (Å²) in [5.41, 5.74) is 0.761. The van der Waals surface area contributed by atoms with E-state index in [1.807, 2.05) is 37.3 Å². The number of para-hydroxylation sites is 1. The minimum absolute atomic E-state index is 0.169. The third-order valence-electron chi connectivity index (χ3n) is 4.47. The number of carbonyl (C=O) groups excluding carboxylic acids is 2. The van der Waals surface area contributed by atoms with Crippen molar-refractivity contribution in [1.82, 2.24) is 5.32 Å². The van der Waals surface area contributed by atoms with Gasteiger partial charge in [0.2, 0.25) is 0 Å². The normalized spacial score (nSPS) is 11.7. The molecule has 0 fully saturated rings. The van der Waals surface area contributed by atoms with Crippen LogP contribution in [0.3, 0.4) is 0 Å². The molecule has 1 atom stereocenters. The summed E-state index contributed by atoms with van der Waals surface area (Å²) >= 11 is 0. The highest BCUT2D eigenvalue weighted by molar-refractivity contribution is 5.81. The van der Waals surface area contributed by atoms with Crippen molar-refractivity contribution in [2.75, 3.05) is 20.3 Å². The van der Waals surface area contributed by atoms with E-state index in [0.29, 0.717) is 24.5 Å². The lowest BCUT2D eigenvalue weighted by Crippen LogP contribution is -2.31. The van der Waals surface area contributed by atoms with E-state index in [2.05, 4.69) is 5.32 Å². The van der Waals surface area contributed by atoms with E-state index in [0.717, 1.165) is 16.7 Å². The lowest BCUT2D eigenvalue weighted by atomic mass is 10.2. The Morgan fingerprint density at radius 1 is 1.07 bits per heavy atom. The van der Waals surface area contributed by atoms with E-state index in [-0.39, 0.29) is 25.0 Å². The first-order chi connectivity index (χ1) is 14.5. The maximum atomic E-state index is 12.0. The fourth-order valence-corrected chi connectivity index (χ4v) is 2.87. The van der Waals surface area contributed by atoms with Crippen LogP contribution in [-0.4, -0.2) is 32.2 Å². The van der Waals surface area contributed by atoms with Gasteiger partial charge in [0, 0.05) is 11.8 Å². The van der Waals surface area contributed by atoms with Gasteiger partial charge in [0.1, 0.15) is 22.8 Å². The highest BCUT2D eigenvalue weighted by atomic mass is 16.5. The van der Waals surface area contributed by atoms with Crippen molar-refractivity contribution in [1.29, 1.82) is 0 Å². The summed E-state index contributed by atoms with van der Waals surface area (Å²) in [6.45, 7) is 1.85. The van der Waals surface area contributed by atoms with Crippen LogP contribution in [0, 0.1) is 0 Å². The molecule has 0 radical (unpaired) electrons. The number of hydrogen-bond acceptors (Lipinski definition) is 6. The molecule has 0 saturated heterocycles. The van der Waals surface area contributed by atoms with Gasteiger partial charge in [0.25, 0.3) is 5.91 Å². The predicted molar refractivity (Wildman–Crippen MR) is 111 cm³/mol. The molecule has 0 aliphatic heterocycles. The number of fused-ring (bicyclic) bond motifs is 1. The van der Waals surface area contributed by atoms with Gasteiger partial charge < -0.3 is 23.9 Å². The Kier molecular flexibility index (Phi) is 7.32. The number of rotatable bonds is 10. The molecule has 3 rings (SSSR count). The lowest BCUT2D eigenvalue weighted by Gasteiger charge is -2.11. The molecule has 3 aromatic rings. The molecule has 158 valence electrons. The third kappa shape index (κ3) is 6.01. The second kappa shape index (κ2) is 10.3. The maximum absolute atomic E-state index is 12.0. The first-order valence-electron chi connectivity index (χ1n) is 9.75. The van der Waals surface area contributed by atoms with Crippen LogP contribution >= 0.6 is 0 Å². The molecule has 0 aliphatic rings. The van der Waals surface area contributed by atoms with E-state index >= 15 is 0 Å². The first kappa shape index (κ1) is 21.2. The number of furan rings is 1. The molecule has 7 nitrogen and oxygen atoms in total. The summed E-state index contributed by atoms with van der Waals surface area (Å²) in [7, 11) is 1.60. The van der Waals surface area contributed by atoms with Crippen LogP contribution in [0.5, 0.6) is 11.5 Å². The third-order valence-corrected chi connectivity index (χ3v) is 4.47. The molecule has 2 aromatic carbocycles. The second-order valence-electron chi connectivity index (χ2n) is 6.76.